The molecule has 5 heteroatoms. The lowest BCUT2D eigenvalue weighted by Crippen LogP contribution is -2.03. The molecule has 1 fully saturated rings. The zero-order valence-electron chi connectivity index (χ0n) is 9.46. The first kappa shape index (κ1) is 11.6. The average molecular weight is 256 g/mol. The highest BCUT2D eigenvalue weighted by atomic mass is 19.4. The fourth-order valence-corrected chi connectivity index (χ4v) is 2.20. The molecule has 1 aliphatic heterocycles. The molecule has 2 aromatic rings. The second-order valence-corrected chi connectivity index (χ2v) is 4.40. The maximum Gasteiger partial charge on any atom is 0.416 e. The Kier molecular flexibility index (Phi) is 2.59. The number of furan rings is 1. The van der Waals surface area contributed by atoms with E-state index in [0.717, 1.165) is 25.0 Å². The van der Waals surface area contributed by atoms with Crippen LogP contribution in [-0.4, -0.2) is 6.61 Å². The van der Waals surface area contributed by atoms with Crippen molar-refractivity contribution in [2.75, 3.05) is 6.61 Å². The topological polar surface area (TPSA) is 22.4 Å². The summed E-state index contributed by atoms with van der Waals surface area (Å²) in [6, 6.07) is 5.14. The number of rotatable bonds is 1. The Morgan fingerprint density at radius 3 is 2.67 bits per heavy atom. The van der Waals surface area contributed by atoms with Crippen LogP contribution in [0, 0.1) is 0 Å². The molecular weight excluding hydrogens is 245 g/mol. The van der Waals surface area contributed by atoms with Gasteiger partial charge in [-0.25, -0.2) is 0 Å². The van der Waals surface area contributed by atoms with Gasteiger partial charge in [-0.1, -0.05) is 0 Å². The lowest BCUT2D eigenvalue weighted by Gasteiger charge is -2.05. The van der Waals surface area contributed by atoms with Gasteiger partial charge in [0.25, 0.3) is 0 Å². The number of hydrogen-bond acceptors (Lipinski definition) is 2. The van der Waals surface area contributed by atoms with Gasteiger partial charge in [-0.15, -0.1) is 0 Å². The molecular formula is C13H11F3O2. The van der Waals surface area contributed by atoms with Crippen LogP contribution in [0.1, 0.15) is 30.3 Å². The molecule has 1 aliphatic rings. The lowest BCUT2D eigenvalue weighted by atomic mass is 10.1. The summed E-state index contributed by atoms with van der Waals surface area (Å²) in [4.78, 5) is 0. The van der Waals surface area contributed by atoms with E-state index in [1.807, 2.05) is 0 Å². The van der Waals surface area contributed by atoms with Gasteiger partial charge in [-0.3, -0.25) is 0 Å². The van der Waals surface area contributed by atoms with Gasteiger partial charge in [0.2, 0.25) is 0 Å². The Morgan fingerprint density at radius 1 is 1.17 bits per heavy atom. The first-order chi connectivity index (χ1) is 8.54. The van der Waals surface area contributed by atoms with Gasteiger partial charge in [0.15, 0.2) is 0 Å². The van der Waals surface area contributed by atoms with Gasteiger partial charge >= 0.3 is 6.18 Å². The quantitative estimate of drug-likeness (QED) is 0.758. The van der Waals surface area contributed by atoms with Crippen LogP contribution in [0.3, 0.4) is 0 Å². The van der Waals surface area contributed by atoms with Crippen molar-refractivity contribution in [1.29, 1.82) is 0 Å². The normalized spacial score (nSPS) is 20.7. The predicted octanol–water partition coefficient (Wildman–Crippen LogP) is 4.30. The number of fused-ring (bicyclic) bond motifs is 1. The Labute approximate surface area is 101 Å². The summed E-state index contributed by atoms with van der Waals surface area (Å²) in [6.45, 7) is 0.676. The first-order valence-corrected chi connectivity index (χ1v) is 5.76. The summed E-state index contributed by atoms with van der Waals surface area (Å²) in [5.74, 6) is 0.613. The van der Waals surface area contributed by atoms with E-state index in [1.54, 1.807) is 6.07 Å². The largest absolute Gasteiger partial charge is 0.458 e. The number of hydrogen-bond donors (Lipinski definition) is 0. The summed E-state index contributed by atoms with van der Waals surface area (Å²) >= 11 is 0. The minimum Gasteiger partial charge on any atom is -0.458 e. The molecule has 0 saturated carbocycles. The molecule has 2 nitrogen and oxygen atoms in total. The zero-order valence-corrected chi connectivity index (χ0v) is 9.46. The van der Waals surface area contributed by atoms with Crippen LogP contribution in [-0.2, 0) is 10.9 Å². The van der Waals surface area contributed by atoms with Crippen LogP contribution in [0.25, 0.3) is 11.0 Å². The highest BCUT2D eigenvalue weighted by Crippen LogP contribution is 2.35. The fraction of sp³-hybridized carbons (Fsp3) is 0.385. The molecule has 1 atom stereocenters. The molecule has 2 heterocycles. The molecule has 0 spiro atoms. The van der Waals surface area contributed by atoms with E-state index < -0.39 is 11.7 Å². The third-order valence-corrected chi connectivity index (χ3v) is 3.11. The Hall–Kier alpha value is -1.49. The summed E-state index contributed by atoms with van der Waals surface area (Å²) in [5.41, 5.74) is -0.191. The van der Waals surface area contributed by atoms with Gasteiger partial charge in [0.05, 0.1) is 5.56 Å². The molecule has 1 aromatic carbocycles. The molecule has 0 N–H and O–H groups in total. The third kappa shape index (κ3) is 1.99. The highest BCUT2D eigenvalue weighted by molar-refractivity contribution is 5.79. The molecule has 18 heavy (non-hydrogen) atoms. The lowest BCUT2D eigenvalue weighted by molar-refractivity contribution is -0.137. The number of halogens is 3. The van der Waals surface area contributed by atoms with E-state index in [2.05, 4.69) is 0 Å². The van der Waals surface area contributed by atoms with Crippen LogP contribution in [0.15, 0.2) is 28.7 Å². The molecule has 0 unspecified atom stereocenters. The van der Waals surface area contributed by atoms with E-state index >= 15 is 0 Å². The van der Waals surface area contributed by atoms with E-state index in [4.69, 9.17) is 9.15 Å². The maximum atomic E-state index is 12.6. The van der Waals surface area contributed by atoms with Gasteiger partial charge in [0.1, 0.15) is 17.4 Å². The molecule has 0 amide bonds. The Bertz CT molecular complexity index is 565. The standard InChI is InChI=1S/C13H11F3O2/c14-13(15,16)9-3-4-10-8(6-9)7-12(18-10)11-2-1-5-17-11/h3-4,6-7,11H,1-2,5H2/t11-/m0/s1. The Balaban J connectivity index is 2.01. The van der Waals surface area contributed by atoms with Gasteiger partial charge in [-0.2, -0.15) is 13.2 Å². The molecule has 1 aromatic heterocycles. The fourth-order valence-electron chi connectivity index (χ4n) is 2.20. The summed E-state index contributed by atoms with van der Waals surface area (Å²) < 4.78 is 48.7. The van der Waals surface area contributed by atoms with Gasteiger partial charge in [0, 0.05) is 12.0 Å². The number of benzene rings is 1. The molecule has 0 aliphatic carbocycles. The summed E-state index contributed by atoms with van der Waals surface area (Å²) in [7, 11) is 0. The van der Waals surface area contributed by atoms with Crippen molar-refractivity contribution in [2.24, 2.45) is 0 Å². The molecule has 3 rings (SSSR count). The molecule has 1 saturated heterocycles. The van der Waals surface area contributed by atoms with Crippen molar-refractivity contribution in [2.45, 2.75) is 25.1 Å². The van der Waals surface area contributed by atoms with Crippen molar-refractivity contribution in [1.82, 2.24) is 0 Å². The zero-order chi connectivity index (χ0) is 12.8. The Morgan fingerprint density at radius 2 is 2.00 bits per heavy atom. The summed E-state index contributed by atoms with van der Waals surface area (Å²) in [5, 5.41) is 0.468. The minimum atomic E-state index is -4.32. The highest BCUT2D eigenvalue weighted by Gasteiger charge is 2.31. The molecule has 96 valence electrons. The molecule has 0 radical (unpaired) electrons. The van der Waals surface area contributed by atoms with E-state index in [0.29, 0.717) is 23.3 Å². The molecule has 0 bridgehead atoms. The van der Waals surface area contributed by atoms with E-state index in [-0.39, 0.29) is 6.10 Å². The number of ether oxygens (including phenoxy) is 1. The van der Waals surface area contributed by atoms with Crippen molar-refractivity contribution >= 4 is 11.0 Å². The second kappa shape index (κ2) is 4.02. The first-order valence-electron chi connectivity index (χ1n) is 5.76. The van der Waals surface area contributed by atoms with Crippen LogP contribution < -0.4 is 0 Å². The average Bonchev–Trinajstić information content (AvgIpc) is 2.95. The third-order valence-electron chi connectivity index (χ3n) is 3.11. The van der Waals surface area contributed by atoms with Crippen LogP contribution in [0.2, 0.25) is 0 Å². The van der Waals surface area contributed by atoms with Crippen molar-refractivity contribution < 1.29 is 22.3 Å². The van der Waals surface area contributed by atoms with E-state index in [9.17, 15) is 13.2 Å². The van der Waals surface area contributed by atoms with Crippen molar-refractivity contribution in [3.05, 3.63) is 35.6 Å². The van der Waals surface area contributed by atoms with Crippen LogP contribution in [0.5, 0.6) is 0 Å². The maximum absolute atomic E-state index is 12.6. The van der Waals surface area contributed by atoms with Crippen molar-refractivity contribution in [3.8, 4) is 0 Å². The minimum absolute atomic E-state index is 0.119. The van der Waals surface area contributed by atoms with Gasteiger partial charge in [-0.05, 0) is 37.1 Å². The second-order valence-electron chi connectivity index (χ2n) is 4.40. The smallest absolute Gasteiger partial charge is 0.416 e. The van der Waals surface area contributed by atoms with Crippen LogP contribution in [0.4, 0.5) is 13.2 Å². The monoisotopic (exact) mass is 256 g/mol. The van der Waals surface area contributed by atoms with E-state index in [1.165, 1.54) is 6.07 Å². The summed E-state index contributed by atoms with van der Waals surface area (Å²) in [6.07, 6.45) is -2.64. The predicted molar refractivity (Wildman–Crippen MR) is 59.1 cm³/mol. The van der Waals surface area contributed by atoms with Crippen molar-refractivity contribution in [3.63, 3.8) is 0 Å². The SMILES string of the molecule is FC(F)(F)c1ccc2oc([C@@H]3CCCO3)cc2c1. The number of alkyl halides is 3. The van der Waals surface area contributed by atoms with Crippen LogP contribution >= 0.6 is 0 Å². The van der Waals surface area contributed by atoms with Gasteiger partial charge < -0.3 is 9.15 Å².